The zero-order valence-electron chi connectivity index (χ0n) is 16.7. The molecule has 1 aromatic rings. The third kappa shape index (κ3) is 8.02. The smallest absolute Gasteiger partial charge is 0.238 e. The number of rotatable bonds is 7. The molecule has 1 amide bonds. The lowest BCUT2D eigenvalue weighted by molar-refractivity contribution is -0.116. The average molecular weight is 489 g/mol. The van der Waals surface area contributed by atoms with Gasteiger partial charge in [0.1, 0.15) is 0 Å². The number of likely N-dealkylation sites (N-methyl/N-ethyl adjacent to an activating group) is 1. The van der Waals surface area contributed by atoms with Crippen molar-refractivity contribution in [3.8, 4) is 0 Å². The molecule has 2 N–H and O–H groups in total. The number of nitrogens with one attached hydrogen (secondary N) is 2. The van der Waals surface area contributed by atoms with Crippen LogP contribution in [0.25, 0.3) is 0 Å². The Balaban J connectivity index is 0.00000364. The van der Waals surface area contributed by atoms with Crippen molar-refractivity contribution < 1.29 is 9.53 Å². The minimum atomic E-state index is -0.0165. The van der Waals surface area contributed by atoms with Crippen LogP contribution < -0.4 is 10.6 Å². The van der Waals surface area contributed by atoms with Crippen LogP contribution in [-0.2, 0) is 16.1 Å². The van der Waals surface area contributed by atoms with E-state index in [1.165, 1.54) is 0 Å². The number of aliphatic imine (C=N–C) groups is 1. The molecule has 0 aromatic heterocycles. The molecular weight excluding hydrogens is 457 g/mol. The number of carbonyl (C=O) groups is 1. The van der Waals surface area contributed by atoms with E-state index >= 15 is 0 Å². The van der Waals surface area contributed by atoms with Crippen LogP contribution in [-0.4, -0.2) is 76.2 Å². The molecule has 1 aliphatic rings. The SMILES string of the molecule is CN=C(NCc1cccc(NC(=O)CN(C)C)c1)N1CCC(COC)C1.I. The lowest BCUT2D eigenvalue weighted by Crippen LogP contribution is -2.39. The Labute approximate surface area is 179 Å². The van der Waals surface area contributed by atoms with Gasteiger partial charge in [0.25, 0.3) is 0 Å². The number of nitrogens with zero attached hydrogens (tertiary/aromatic N) is 3. The van der Waals surface area contributed by atoms with Crippen molar-refractivity contribution in [2.24, 2.45) is 10.9 Å². The van der Waals surface area contributed by atoms with Gasteiger partial charge in [-0.15, -0.1) is 24.0 Å². The summed E-state index contributed by atoms with van der Waals surface area (Å²) >= 11 is 0. The van der Waals surface area contributed by atoms with Gasteiger partial charge >= 0.3 is 0 Å². The van der Waals surface area contributed by atoms with Gasteiger partial charge in [-0.05, 0) is 38.2 Å². The van der Waals surface area contributed by atoms with Crippen molar-refractivity contribution in [3.05, 3.63) is 29.8 Å². The molecule has 0 radical (unpaired) electrons. The van der Waals surface area contributed by atoms with E-state index < -0.39 is 0 Å². The molecule has 7 nitrogen and oxygen atoms in total. The first kappa shape index (κ1) is 23.6. The standard InChI is InChI=1S/C19H31N5O2.HI/c1-20-19(24-9-8-16(12-24)14-26-4)21-11-15-6-5-7-17(10-15)22-18(25)13-23(2)3;/h5-7,10,16H,8-9,11-14H2,1-4H3,(H,20,21)(H,22,25);1H. The quantitative estimate of drug-likeness (QED) is 0.348. The van der Waals surface area contributed by atoms with Gasteiger partial charge in [-0.25, -0.2) is 0 Å². The molecular formula is C19H32IN5O2. The minimum Gasteiger partial charge on any atom is -0.384 e. The zero-order valence-corrected chi connectivity index (χ0v) is 19.0. The molecule has 1 unspecified atom stereocenters. The lowest BCUT2D eigenvalue weighted by Gasteiger charge is -2.22. The molecule has 1 atom stereocenters. The molecule has 0 bridgehead atoms. The number of halogens is 1. The Morgan fingerprint density at radius 1 is 1.41 bits per heavy atom. The van der Waals surface area contributed by atoms with Crippen molar-refractivity contribution in [3.63, 3.8) is 0 Å². The summed E-state index contributed by atoms with van der Waals surface area (Å²) in [5.41, 5.74) is 1.91. The number of guanidine groups is 1. The van der Waals surface area contributed by atoms with Gasteiger partial charge in [0.05, 0.1) is 13.2 Å². The maximum Gasteiger partial charge on any atom is 0.238 e. The highest BCUT2D eigenvalue weighted by atomic mass is 127. The zero-order chi connectivity index (χ0) is 18.9. The van der Waals surface area contributed by atoms with Crippen LogP contribution in [0.4, 0.5) is 5.69 Å². The summed E-state index contributed by atoms with van der Waals surface area (Å²) in [6, 6.07) is 7.89. The molecule has 0 saturated carbocycles. The van der Waals surface area contributed by atoms with E-state index in [0.717, 1.165) is 43.3 Å². The van der Waals surface area contributed by atoms with Crippen LogP contribution in [0.3, 0.4) is 0 Å². The molecule has 8 heteroatoms. The summed E-state index contributed by atoms with van der Waals surface area (Å²) in [7, 11) is 7.31. The van der Waals surface area contributed by atoms with Gasteiger partial charge in [-0.2, -0.15) is 0 Å². The molecule has 1 heterocycles. The van der Waals surface area contributed by atoms with Crippen LogP contribution in [0, 0.1) is 5.92 Å². The van der Waals surface area contributed by atoms with Crippen molar-refractivity contribution in [1.82, 2.24) is 15.1 Å². The first-order valence-electron chi connectivity index (χ1n) is 9.00. The van der Waals surface area contributed by atoms with Crippen molar-refractivity contribution in [2.75, 3.05) is 59.8 Å². The van der Waals surface area contributed by atoms with Crippen molar-refractivity contribution in [1.29, 1.82) is 0 Å². The highest BCUT2D eigenvalue weighted by Crippen LogP contribution is 2.17. The first-order valence-corrected chi connectivity index (χ1v) is 9.00. The second-order valence-electron chi connectivity index (χ2n) is 6.94. The third-order valence-corrected chi connectivity index (χ3v) is 4.32. The van der Waals surface area contributed by atoms with Crippen molar-refractivity contribution in [2.45, 2.75) is 13.0 Å². The molecule has 1 saturated heterocycles. The van der Waals surface area contributed by atoms with E-state index in [4.69, 9.17) is 4.74 Å². The monoisotopic (exact) mass is 489 g/mol. The number of benzene rings is 1. The van der Waals surface area contributed by atoms with E-state index in [1.807, 2.05) is 50.3 Å². The maximum absolute atomic E-state index is 11.9. The van der Waals surface area contributed by atoms with Crippen LogP contribution >= 0.6 is 24.0 Å². The molecule has 1 fully saturated rings. The number of ether oxygens (including phenoxy) is 1. The van der Waals surface area contributed by atoms with Gasteiger partial charge in [0.2, 0.25) is 5.91 Å². The number of anilines is 1. The predicted octanol–water partition coefficient (Wildman–Crippen LogP) is 1.85. The number of hydrogen-bond acceptors (Lipinski definition) is 4. The highest BCUT2D eigenvalue weighted by Gasteiger charge is 2.24. The van der Waals surface area contributed by atoms with Crippen molar-refractivity contribution >= 4 is 41.5 Å². The average Bonchev–Trinajstić information content (AvgIpc) is 3.04. The van der Waals surface area contributed by atoms with Crippen LogP contribution in [0.15, 0.2) is 29.3 Å². The minimum absolute atomic E-state index is 0. The number of amides is 1. The van der Waals surface area contributed by atoms with E-state index in [0.29, 0.717) is 19.0 Å². The van der Waals surface area contributed by atoms with E-state index in [9.17, 15) is 4.79 Å². The second-order valence-corrected chi connectivity index (χ2v) is 6.94. The number of likely N-dealkylation sites (tertiary alicyclic amines) is 1. The molecule has 1 aliphatic heterocycles. The lowest BCUT2D eigenvalue weighted by atomic mass is 10.1. The van der Waals surface area contributed by atoms with Gasteiger partial charge in [-0.3, -0.25) is 9.79 Å². The summed E-state index contributed by atoms with van der Waals surface area (Å²) in [5.74, 6) is 1.46. The number of methoxy groups -OCH3 is 1. The fraction of sp³-hybridized carbons (Fsp3) is 0.579. The molecule has 152 valence electrons. The Bertz CT molecular complexity index is 624. The topological polar surface area (TPSA) is 69.2 Å². The van der Waals surface area contributed by atoms with E-state index in [2.05, 4.69) is 20.5 Å². The maximum atomic E-state index is 11.9. The van der Waals surface area contributed by atoms with E-state index in [-0.39, 0.29) is 29.9 Å². The molecule has 0 aliphatic carbocycles. The largest absolute Gasteiger partial charge is 0.384 e. The summed E-state index contributed by atoms with van der Waals surface area (Å²) in [5, 5.41) is 6.34. The van der Waals surface area contributed by atoms with Crippen LogP contribution in [0.5, 0.6) is 0 Å². The molecule has 27 heavy (non-hydrogen) atoms. The normalized spacial score (nSPS) is 17.0. The van der Waals surface area contributed by atoms with Gasteiger partial charge in [-0.1, -0.05) is 12.1 Å². The van der Waals surface area contributed by atoms with E-state index in [1.54, 1.807) is 7.11 Å². The first-order chi connectivity index (χ1) is 12.5. The summed E-state index contributed by atoms with van der Waals surface area (Å²) in [4.78, 5) is 20.4. The Morgan fingerprint density at radius 2 is 2.19 bits per heavy atom. The summed E-state index contributed by atoms with van der Waals surface area (Å²) < 4.78 is 5.26. The number of carbonyl (C=O) groups excluding carboxylic acids is 1. The molecule has 1 aromatic carbocycles. The number of hydrogen-bond donors (Lipinski definition) is 2. The fourth-order valence-electron chi connectivity index (χ4n) is 3.16. The van der Waals surface area contributed by atoms with Gasteiger partial charge < -0.3 is 25.2 Å². The predicted molar refractivity (Wildman–Crippen MR) is 121 cm³/mol. The highest BCUT2D eigenvalue weighted by molar-refractivity contribution is 14.0. The summed E-state index contributed by atoms with van der Waals surface area (Å²) in [6.07, 6.45) is 1.13. The van der Waals surface area contributed by atoms with Crippen LogP contribution in [0.1, 0.15) is 12.0 Å². The third-order valence-electron chi connectivity index (χ3n) is 4.32. The summed E-state index contributed by atoms with van der Waals surface area (Å²) in [6.45, 7) is 3.78. The fourth-order valence-corrected chi connectivity index (χ4v) is 3.16. The Kier molecular flexibility index (Phi) is 10.6. The second kappa shape index (κ2) is 12.1. The van der Waals surface area contributed by atoms with Gasteiger partial charge in [0, 0.05) is 45.4 Å². The van der Waals surface area contributed by atoms with Gasteiger partial charge in [0.15, 0.2) is 5.96 Å². The Hall–Kier alpha value is -1.39. The Morgan fingerprint density at radius 3 is 2.85 bits per heavy atom. The molecule has 0 spiro atoms. The van der Waals surface area contributed by atoms with Crippen LogP contribution in [0.2, 0.25) is 0 Å². The molecule has 2 rings (SSSR count).